The first-order valence-electron chi connectivity index (χ1n) is 6.98. The van der Waals surface area contributed by atoms with Crippen LogP contribution in [0.25, 0.3) is 0 Å². The highest BCUT2D eigenvalue weighted by Gasteiger charge is 2.18. The molecule has 3 rings (SSSR count). The van der Waals surface area contributed by atoms with Crippen molar-refractivity contribution in [3.8, 4) is 0 Å². The van der Waals surface area contributed by atoms with Gasteiger partial charge in [0.1, 0.15) is 0 Å². The topological polar surface area (TPSA) is 78.1 Å². The van der Waals surface area contributed by atoms with Gasteiger partial charge in [-0.3, -0.25) is 0 Å². The maximum atomic E-state index is 11.9. The van der Waals surface area contributed by atoms with E-state index in [4.69, 9.17) is 0 Å². The Labute approximate surface area is 124 Å². The molecule has 0 saturated heterocycles. The first-order chi connectivity index (χ1) is 10.2. The fraction of sp³-hybridized carbons (Fsp3) is 0.357. The van der Waals surface area contributed by atoms with Crippen LogP contribution in [0, 0.1) is 0 Å². The summed E-state index contributed by atoms with van der Waals surface area (Å²) in [6.45, 7) is 2.27. The van der Waals surface area contributed by atoms with Crippen molar-refractivity contribution in [1.82, 2.24) is 14.7 Å². The maximum absolute atomic E-state index is 11.9. The molecule has 0 saturated carbocycles. The molecule has 2 aromatic rings. The second kappa shape index (κ2) is 5.87. The van der Waals surface area contributed by atoms with E-state index in [0.29, 0.717) is 6.54 Å². The highest BCUT2D eigenvalue weighted by molar-refractivity contribution is 7.89. The first-order valence-corrected chi connectivity index (χ1v) is 8.46. The summed E-state index contributed by atoms with van der Waals surface area (Å²) in [6.07, 6.45) is 4.49. The summed E-state index contributed by atoms with van der Waals surface area (Å²) in [4.78, 5) is 8.63. The SMILES string of the molecule is O=S(=O)(NCCCN1CCc2ccccc21)c1cnc[nH]1. The third-order valence-electron chi connectivity index (χ3n) is 3.64. The molecule has 0 radical (unpaired) electrons. The van der Waals surface area contributed by atoms with Gasteiger partial charge in [0.2, 0.25) is 0 Å². The van der Waals surface area contributed by atoms with Crippen LogP contribution in [0.15, 0.2) is 41.8 Å². The Morgan fingerprint density at radius 1 is 1.33 bits per heavy atom. The third kappa shape index (κ3) is 3.08. The van der Waals surface area contributed by atoms with E-state index in [2.05, 4.69) is 37.8 Å². The van der Waals surface area contributed by atoms with Gasteiger partial charge in [-0.25, -0.2) is 18.1 Å². The quantitative estimate of drug-likeness (QED) is 0.785. The summed E-state index contributed by atoms with van der Waals surface area (Å²) < 4.78 is 26.4. The molecule has 0 spiro atoms. The zero-order valence-corrected chi connectivity index (χ0v) is 12.4. The van der Waals surface area contributed by atoms with Crippen molar-refractivity contribution in [2.45, 2.75) is 17.9 Å². The Balaban J connectivity index is 1.50. The Morgan fingerprint density at radius 3 is 3.00 bits per heavy atom. The zero-order valence-electron chi connectivity index (χ0n) is 11.6. The molecule has 1 aliphatic rings. The summed E-state index contributed by atoms with van der Waals surface area (Å²) in [6, 6.07) is 8.37. The number of imidazole rings is 1. The van der Waals surface area contributed by atoms with Crippen molar-refractivity contribution in [1.29, 1.82) is 0 Å². The van der Waals surface area contributed by atoms with E-state index in [9.17, 15) is 8.42 Å². The van der Waals surface area contributed by atoms with E-state index < -0.39 is 10.0 Å². The zero-order chi connectivity index (χ0) is 14.7. The molecule has 1 aromatic heterocycles. The Hall–Kier alpha value is -1.86. The second-order valence-corrected chi connectivity index (χ2v) is 6.77. The number of para-hydroxylation sites is 1. The van der Waals surface area contributed by atoms with Crippen LogP contribution >= 0.6 is 0 Å². The van der Waals surface area contributed by atoms with Gasteiger partial charge in [-0.05, 0) is 24.5 Å². The largest absolute Gasteiger partial charge is 0.371 e. The highest BCUT2D eigenvalue weighted by Crippen LogP contribution is 2.27. The van der Waals surface area contributed by atoms with Gasteiger partial charge in [-0.15, -0.1) is 0 Å². The fourth-order valence-electron chi connectivity index (χ4n) is 2.58. The molecule has 1 aliphatic heterocycles. The van der Waals surface area contributed by atoms with E-state index in [1.165, 1.54) is 23.8 Å². The first kappa shape index (κ1) is 14.1. The van der Waals surface area contributed by atoms with Crippen LogP contribution in [0.5, 0.6) is 0 Å². The summed E-state index contributed by atoms with van der Waals surface area (Å²) in [7, 11) is -3.46. The van der Waals surface area contributed by atoms with Gasteiger partial charge >= 0.3 is 0 Å². The van der Waals surface area contributed by atoms with Gasteiger partial charge in [0.05, 0.1) is 12.5 Å². The molecule has 0 bridgehead atoms. The minimum atomic E-state index is -3.46. The van der Waals surface area contributed by atoms with E-state index in [1.807, 2.05) is 6.07 Å². The lowest BCUT2D eigenvalue weighted by Gasteiger charge is -2.19. The number of sulfonamides is 1. The van der Waals surface area contributed by atoms with Gasteiger partial charge in [0.25, 0.3) is 10.0 Å². The van der Waals surface area contributed by atoms with Crippen molar-refractivity contribution in [2.75, 3.05) is 24.5 Å². The van der Waals surface area contributed by atoms with E-state index >= 15 is 0 Å². The number of rotatable bonds is 6. The number of hydrogen-bond acceptors (Lipinski definition) is 4. The van der Waals surface area contributed by atoms with Crippen LogP contribution < -0.4 is 9.62 Å². The van der Waals surface area contributed by atoms with Crippen molar-refractivity contribution in [3.63, 3.8) is 0 Å². The third-order valence-corrected chi connectivity index (χ3v) is 5.03. The number of anilines is 1. The summed E-state index contributed by atoms with van der Waals surface area (Å²) in [5.74, 6) is 0. The molecule has 2 heterocycles. The second-order valence-electron chi connectivity index (χ2n) is 5.03. The number of aromatic amines is 1. The number of nitrogens with one attached hydrogen (secondary N) is 2. The van der Waals surface area contributed by atoms with Gasteiger partial charge in [0.15, 0.2) is 5.03 Å². The molecule has 1 aromatic carbocycles. The molecule has 0 fully saturated rings. The molecule has 0 amide bonds. The van der Waals surface area contributed by atoms with Crippen molar-refractivity contribution < 1.29 is 8.42 Å². The van der Waals surface area contributed by atoms with Crippen LogP contribution in [-0.4, -0.2) is 38.0 Å². The minimum Gasteiger partial charge on any atom is -0.371 e. The van der Waals surface area contributed by atoms with Crippen LogP contribution in [0.4, 0.5) is 5.69 Å². The number of hydrogen-bond donors (Lipinski definition) is 2. The molecule has 2 N–H and O–H groups in total. The molecule has 6 nitrogen and oxygen atoms in total. The average molecular weight is 306 g/mol. The summed E-state index contributed by atoms with van der Waals surface area (Å²) in [5, 5.41) is 0.106. The molecule has 0 atom stereocenters. The monoisotopic (exact) mass is 306 g/mol. The standard InChI is InChI=1S/C14H18N4O2S/c19-21(20,14-10-15-11-16-14)17-7-3-8-18-9-6-12-4-1-2-5-13(12)18/h1-2,4-5,10-11,17H,3,6-9H2,(H,15,16). The van der Waals surface area contributed by atoms with Crippen LogP contribution in [0.1, 0.15) is 12.0 Å². The number of fused-ring (bicyclic) bond motifs is 1. The Morgan fingerprint density at radius 2 is 2.19 bits per heavy atom. The minimum absolute atomic E-state index is 0.106. The van der Waals surface area contributed by atoms with Gasteiger partial charge in [-0.2, -0.15) is 0 Å². The summed E-state index contributed by atoms with van der Waals surface area (Å²) in [5.41, 5.74) is 2.64. The number of benzene rings is 1. The Kier molecular flexibility index (Phi) is 3.94. The molecule has 21 heavy (non-hydrogen) atoms. The van der Waals surface area contributed by atoms with Crippen molar-refractivity contribution >= 4 is 15.7 Å². The average Bonchev–Trinajstić information content (AvgIpc) is 3.14. The number of H-pyrrole nitrogens is 1. The predicted molar refractivity (Wildman–Crippen MR) is 80.8 cm³/mol. The van der Waals surface area contributed by atoms with E-state index in [-0.39, 0.29) is 5.03 Å². The molecule has 0 aliphatic carbocycles. The molecule has 7 heteroatoms. The molecule has 112 valence electrons. The normalized spacial score (nSPS) is 14.4. The fourth-order valence-corrected chi connectivity index (χ4v) is 3.56. The molecular weight excluding hydrogens is 288 g/mol. The highest BCUT2D eigenvalue weighted by atomic mass is 32.2. The van der Waals surface area contributed by atoms with Gasteiger partial charge in [-0.1, -0.05) is 18.2 Å². The number of aromatic nitrogens is 2. The molecular formula is C14H18N4O2S. The number of nitrogens with zero attached hydrogens (tertiary/aromatic N) is 2. The maximum Gasteiger partial charge on any atom is 0.257 e. The van der Waals surface area contributed by atoms with Gasteiger partial charge < -0.3 is 9.88 Å². The lowest BCUT2D eigenvalue weighted by molar-refractivity contribution is 0.575. The van der Waals surface area contributed by atoms with E-state index in [0.717, 1.165) is 25.9 Å². The smallest absolute Gasteiger partial charge is 0.257 e. The van der Waals surface area contributed by atoms with Crippen molar-refractivity contribution in [3.05, 3.63) is 42.4 Å². The van der Waals surface area contributed by atoms with Crippen LogP contribution in [-0.2, 0) is 16.4 Å². The predicted octanol–water partition coefficient (Wildman–Crippen LogP) is 1.14. The van der Waals surface area contributed by atoms with Crippen molar-refractivity contribution in [2.24, 2.45) is 0 Å². The summed E-state index contributed by atoms with van der Waals surface area (Å²) >= 11 is 0. The van der Waals surface area contributed by atoms with E-state index in [1.54, 1.807) is 0 Å². The van der Waals surface area contributed by atoms with Gasteiger partial charge in [0, 0.05) is 25.3 Å². The van der Waals surface area contributed by atoms with Crippen LogP contribution in [0.2, 0.25) is 0 Å². The Bertz CT molecular complexity index is 698. The van der Waals surface area contributed by atoms with Crippen LogP contribution in [0.3, 0.4) is 0 Å². The lowest BCUT2D eigenvalue weighted by Crippen LogP contribution is -2.29. The molecule has 0 unspecified atom stereocenters. The lowest BCUT2D eigenvalue weighted by atomic mass is 10.2.